The molecule has 0 aliphatic carbocycles. The Morgan fingerprint density at radius 3 is 2.13 bits per heavy atom. The molecule has 2 aromatic rings. The summed E-state index contributed by atoms with van der Waals surface area (Å²) in [5, 5.41) is 2.75. The first-order valence-corrected chi connectivity index (χ1v) is 11.1. The van der Waals surface area contributed by atoms with E-state index in [1.165, 1.54) is 37.8 Å². The van der Waals surface area contributed by atoms with Gasteiger partial charge < -0.3 is 19.5 Å². The Bertz CT molecular complexity index is 991. The molecule has 2 aromatic carbocycles. The van der Waals surface area contributed by atoms with Crippen LogP contribution in [0.2, 0.25) is 0 Å². The highest BCUT2D eigenvalue weighted by molar-refractivity contribution is 7.89. The maximum atomic E-state index is 12.9. The van der Waals surface area contributed by atoms with E-state index in [-0.39, 0.29) is 10.5 Å². The van der Waals surface area contributed by atoms with Crippen LogP contribution < -0.4 is 19.5 Å². The summed E-state index contributed by atoms with van der Waals surface area (Å²) in [6.07, 6.45) is 2.73. The summed E-state index contributed by atoms with van der Waals surface area (Å²) in [6, 6.07) is 9.27. The van der Waals surface area contributed by atoms with E-state index in [1.807, 2.05) is 0 Å². The second-order valence-electron chi connectivity index (χ2n) is 6.86. The number of nitrogens with zero attached hydrogens (tertiary/aromatic N) is 1. The van der Waals surface area contributed by atoms with Gasteiger partial charge in [0, 0.05) is 36.5 Å². The van der Waals surface area contributed by atoms with E-state index >= 15 is 0 Å². The van der Waals surface area contributed by atoms with Crippen molar-refractivity contribution in [3.63, 3.8) is 0 Å². The number of benzene rings is 2. The fourth-order valence-corrected chi connectivity index (χ4v) is 4.97. The maximum absolute atomic E-state index is 12.9. The quantitative estimate of drug-likeness (QED) is 0.720. The van der Waals surface area contributed by atoms with Gasteiger partial charge in [-0.15, -0.1) is 0 Å². The van der Waals surface area contributed by atoms with Crippen molar-refractivity contribution in [2.45, 2.75) is 24.2 Å². The average Bonchev–Trinajstić information content (AvgIpc) is 2.78. The number of piperidine rings is 1. The molecule has 0 saturated carbocycles. The van der Waals surface area contributed by atoms with Crippen LogP contribution in [0.15, 0.2) is 41.3 Å². The number of ether oxygens (including phenoxy) is 3. The standard InChI is InChI=1S/C21H26N2O6S/c1-27-18-13-16(14-19(28-2)20(18)29-3)22-21(24)15-8-7-9-17(12-15)30(25,26)23-10-5-4-6-11-23/h7-9,12-14H,4-6,10-11H2,1-3H3,(H,22,24). The largest absolute Gasteiger partial charge is 0.493 e. The van der Waals surface area contributed by atoms with Gasteiger partial charge in [-0.1, -0.05) is 12.5 Å². The number of carbonyl (C=O) groups excluding carboxylic acids is 1. The van der Waals surface area contributed by atoms with Gasteiger partial charge in [0.1, 0.15) is 0 Å². The van der Waals surface area contributed by atoms with Crippen molar-refractivity contribution in [3.05, 3.63) is 42.0 Å². The van der Waals surface area contributed by atoms with Gasteiger partial charge in [-0.25, -0.2) is 8.42 Å². The van der Waals surface area contributed by atoms with E-state index in [0.29, 0.717) is 36.0 Å². The molecule has 0 radical (unpaired) electrons. The van der Waals surface area contributed by atoms with E-state index in [2.05, 4.69) is 5.32 Å². The van der Waals surface area contributed by atoms with Crippen molar-refractivity contribution >= 4 is 21.6 Å². The summed E-state index contributed by atoms with van der Waals surface area (Å²) in [4.78, 5) is 12.9. The molecule has 0 aromatic heterocycles. The molecule has 30 heavy (non-hydrogen) atoms. The predicted octanol–water partition coefficient (Wildman–Crippen LogP) is 3.14. The van der Waals surface area contributed by atoms with Crippen molar-refractivity contribution < 1.29 is 27.4 Å². The van der Waals surface area contributed by atoms with Crippen LogP contribution in [0, 0.1) is 0 Å². The van der Waals surface area contributed by atoms with E-state index in [0.717, 1.165) is 19.3 Å². The molecular formula is C21H26N2O6S. The summed E-state index contributed by atoms with van der Waals surface area (Å²) in [5.74, 6) is 0.759. The number of sulfonamides is 1. The average molecular weight is 435 g/mol. The fraction of sp³-hybridized carbons (Fsp3) is 0.381. The molecule has 8 nitrogen and oxygen atoms in total. The van der Waals surface area contributed by atoms with Crippen LogP contribution in [0.1, 0.15) is 29.6 Å². The summed E-state index contributed by atoms with van der Waals surface area (Å²) >= 11 is 0. The Labute approximate surface area is 176 Å². The minimum Gasteiger partial charge on any atom is -0.493 e. The van der Waals surface area contributed by atoms with Crippen LogP contribution in [0.4, 0.5) is 5.69 Å². The van der Waals surface area contributed by atoms with E-state index in [4.69, 9.17) is 14.2 Å². The third-order valence-electron chi connectivity index (χ3n) is 4.97. The number of amides is 1. The highest BCUT2D eigenvalue weighted by Gasteiger charge is 2.26. The van der Waals surface area contributed by atoms with Crippen LogP contribution in [0.25, 0.3) is 0 Å². The van der Waals surface area contributed by atoms with Crippen LogP contribution >= 0.6 is 0 Å². The first-order valence-electron chi connectivity index (χ1n) is 9.62. The predicted molar refractivity (Wildman–Crippen MR) is 113 cm³/mol. The lowest BCUT2D eigenvalue weighted by atomic mass is 10.2. The van der Waals surface area contributed by atoms with E-state index in [9.17, 15) is 13.2 Å². The van der Waals surface area contributed by atoms with Gasteiger partial charge in [0.2, 0.25) is 15.8 Å². The number of nitrogens with one attached hydrogen (secondary N) is 1. The number of rotatable bonds is 7. The molecule has 3 rings (SSSR count). The Morgan fingerprint density at radius 2 is 1.57 bits per heavy atom. The lowest BCUT2D eigenvalue weighted by molar-refractivity contribution is 0.102. The first-order chi connectivity index (χ1) is 14.4. The number of hydrogen-bond acceptors (Lipinski definition) is 6. The van der Waals surface area contributed by atoms with Crippen LogP contribution in [-0.4, -0.2) is 53.0 Å². The monoisotopic (exact) mass is 434 g/mol. The third-order valence-corrected chi connectivity index (χ3v) is 6.87. The van der Waals surface area contributed by atoms with Gasteiger partial charge in [0.15, 0.2) is 11.5 Å². The maximum Gasteiger partial charge on any atom is 0.255 e. The molecule has 0 atom stereocenters. The third kappa shape index (κ3) is 4.52. The minimum atomic E-state index is -3.62. The Kier molecular flexibility index (Phi) is 6.84. The highest BCUT2D eigenvalue weighted by atomic mass is 32.2. The van der Waals surface area contributed by atoms with Crippen molar-refractivity contribution in [1.82, 2.24) is 4.31 Å². The van der Waals surface area contributed by atoms with Gasteiger partial charge in [-0.05, 0) is 31.0 Å². The summed E-state index contributed by atoms with van der Waals surface area (Å²) in [6.45, 7) is 1.01. The number of methoxy groups -OCH3 is 3. The molecule has 1 aliphatic rings. The lowest BCUT2D eigenvalue weighted by Crippen LogP contribution is -2.35. The van der Waals surface area contributed by atoms with E-state index < -0.39 is 15.9 Å². The normalized spacial score (nSPS) is 14.8. The van der Waals surface area contributed by atoms with Gasteiger partial charge >= 0.3 is 0 Å². The van der Waals surface area contributed by atoms with Crippen molar-refractivity contribution in [2.75, 3.05) is 39.7 Å². The molecule has 1 saturated heterocycles. The zero-order valence-corrected chi connectivity index (χ0v) is 18.1. The molecule has 1 aliphatic heterocycles. The molecule has 162 valence electrons. The lowest BCUT2D eigenvalue weighted by Gasteiger charge is -2.26. The molecule has 9 heteroatoms. The van der Waals surface area contributed by atoms with Crippen molar-refractivity contribution in [2.24, 2.45) is 0 Å². The summed E-state index contributed by atoms with van der Waals surface area (Å²) in [7, 11) is 0.836. The fourth-order valence-electron chi connectivity index (χ4n) is 3.41. The molecule has 1 N–H and O–H groups in total. The summed E-state index contributed by atoms with van der Waals surface area (Å²) < 4.78 is 43.2. The van der Waals surface area contributed by atoms with Crippen molar-refractivity contribution in [1.29, 1.82) is 0 Å². The van der Waals surface area contributed by atoms with E-state index in [1.54, 1.807) is 24.3 Å². The Morgan fingerprint density at radius 1 is 0.933 bits per heavy atom. The molecular weight excluding hydrogens is 408 g/mol. The molecule has 0 unspecified atom stereocenters. The first kappa shape index (κ1) is 21.9. The molecule has 0 spiro atoms. The zero-order valence-electron chi connectivity index (χ0n) is 17.3. The molecule has 0 bridgehead atoms. The Hall–Kier alpha value is -2.78. The van der Waals surface area contributed by atoms with Gasteiger partial charge in [-0.2, -0.15) is 4.31 Å². The van der Waals surface area contributed by atoms with Crippen molar-refractivity contribution in [3.8, 4) is 17.2 Å². The topological polar surface area (TPSA) is 94.2 Å². The highest BCUT2D eigenvalue weighted by Crippen LogP contribution is 2.40. The number of carbonyl (C=O) groups is 1. The van der Waals surface area contributed by atoms with Crippen LogP contribution in [0.3, 0.4) is 0 Å². The second kappa shape index (κ2) is 9.36. The molecule has 1 fully saturated rings. The Balaban J connectivity index is 1.85. The number of hydrogen-bond donors (Lipinski definition) is 1. The second-order valence-corrected chi connectivity index (χ2v) is 8.80. The smallest absolute Gasteiger partial charge is 0.255 e. The van der Waals surface area contributed by atoms with Gasteiger partial charge in [-0.3, -0.25) is 4.79 Å². The molecule has 1 amide bonds. The van der Waals surface area contributed by atoms with Gasteiger partial charge in [0.05, 0.1) is 26.2 Å². The summed E-state index contributed by atoms with van der Waals surface area (Å²) in [5.41, 5.74) is 0.667. The van der Waals surface area contributed by atoms with Crippen LogP contribution in [0.5, 0.6) is 17.2 Å². The van der Waals surface area contributed by atoms with Gasteiger partial charge in [0.25, 0.3) is 5.91 Å². The molecule has 1 heterocycles. The number of anilines is 1. The minimum absolute atomic E-state index is 0.113. The zero-order chi connectivity index (χ0) is 21.7. The van der Waals surface area contributed by atoms with Crippen LogP contribution in [-0.2, 0) is 10.0 Å². The SMILES string of the molecule is COc1cc(NC(=O)c2cccc(S(=O)(=O)N3CCCCC3)c2)cc(OC)c1OC.